The summed E-state index contributed by atoms with van der Waals surface area (Å²) < 4.78 is 17.0. The fraction of sp³-hybridized carbons (Fsp3) is 0.316. The maximum Gasteiger partial charge on any atom is 0.278 e. The number of nitrogens with zero attached hydrogens (tertiary/aromatic N) is 4. The lowest BCUT2D eigenvalue weighted by Crippen LogP contribution is -2.37. The molecular formula is C19H19N5O5. The molecule has 2 aromatic heterocycles. The van der Waals surface area contributed by atoms with E-state index in [4.69, 9.17) is 14.0 Å². The van der Waals surface area contributed by atoms with E-state index in [1.807, 2.05) is 13.8 Å². The fourth-order valence-corrected chi connectivity index (χ4v) is 2.72. The van der Waals surface area contributed by atoms with E-state index in [1.165, 1.54) is 12.1 Å². The first-order chi connectivity index (χ1) is 14.0. The summed E-state index contributed by atoms with van der Waals surface area (Å²) in [6.07, 6.45) is 0.790. The van der Waals surface area contributed by atoms with Crippen molar-refractivity contribution in [3.8, 4) is 34.5 Å². The summed E-state index contributed by atoms with van der Waals surface area (Å²) in [5, 5.41) is 10.9. The molecule has 10 heteroatoms. The summed E-state index contributed by atoms with van der Waals surface area (Å²) in [7, 11) is 0. The standard InChI is InChI=1S/C19H19N5O5/c1-3-11(2)20-16(25)9-24-17(26)7-5-13(22-24)19-21-18(23-29-19)12-4-6-14-15(8-12)28-10-27-14/h4-8,11H,3,9-10H2,1-2H3,(H,20,25)/t11-/m1/s1. The number of rotatable bonds is 6. The van der Waals surface area contributed by atoms with Crippen molar-refractivity contribution in [3.63, 3.8) is 0 Å². The molecule has 150 valence electrons. The van der Waals surface area contributed by atoms with Crippen LogP contribution in [0.1, 0.15) is 20.3 Å². The Labute approximate surface area is 165 Å². The molecular weight excluding hydrogens is 378 g/mol. The topological polar surface area (TPSA) is 121 Å². The highest BCUT2D eigenvalue weighted by Crippen LogP contribution is 2.35. The van der Waals surface area contributed by atoms with Gasteiger partial charge in [0.05, 0.1) is 0 Å². The van der Waals surface area contributed by atoms with E-state index in [0.717, 1.165) is 11.1 Å². The van der Waals surface area contributed by atoms with E-state index >= 15 is 0 Å². The molecule has 0 bridgehead atoms. The van der Waals surface area contributed by atoms with E-state index in [-0.39, 0.29) is 31.2 Å². The largest absolute Gasteiger partial charge is 0.454 e. The van der Waals surface area contributed by atoms with Gasteiger partial charge in [-0.1, -0.05) is 12.1 Å². The lowest BCUT2D eigenvalue weighted by atomic mass is 10.2. The Kier molecular flexibility index (Phi) is 4.98. The first-order valence-electron chi connectivity index (χ1n) is 9.15. The van der Waals surface area contributed by atoms with Gasteiger partial charge in [-0.2, -0.15) is 10.1 Å². The zero-order valence-corrected chi connectivity index (χ0v) is 15.9. The number of hydrogen-bond donors (Lipinski definition) is 1. The van der Waals surface area contributed by atoms with Crippen molar-refractivity contribution in [2.75, 3.05) is 6.79 Å². The Balaban J connectivity index is 1.56. The summed E-state index contributed by atoms with van der Waals surface area (Å²) in [5.41, 5.74) is 0.578. The highest BCUT2D eigenvalue weighted by atomic mass is 16.7. The average molecular weight is 397 g/mol. The number of aromatic nitrogens is 4. The lowest BCUT2D eigenvalue weighted by molar-refractivity contribution is -0.122. The number of fused-ring (bicyclic) bond motifs is 1. The third-order valence-electron chi connectivity index (χ3n) is 4.46. The van der Waals surface area contributed by atoms with Crippen LogP contribution in [0, 0.1) is 0 Å². The van der Waals surface area contributed by atoms with Gasteiger partial charge in [-0.05, 0) is 37.6 Å². The Morgan fingerprint density at radius 3 is 2.90 bits per heavy atom. The summed E-state index contributed by atoms with van der Waals surface area (Å²) in [4.78, 5) is 28.5. The monoisotopic (exact) mass is 397 g/mol. The molecule has 0 saturated carbocycles. The highest BCUT2D eigenvalue weighted by Gasteiger charge is 2.18. The lowest BCUT2D eigenvalue weighted by Gasteiger charge is -2.11. The molecule has 1 aromatic carbocycles. The molecule has 0 radical (unpaired) electrons. The molecule has 1 aliphatic heterocycles. The Bertz CT molecular complexity index is 1110. The molecule has 0 spiro atoms. The minimum atomic E-state index is -0.399. The predicted molar refractivity (Wildman–Crippen MR) is 101 cm³/mol. The van der Waals surface area contributed by atoms with Crippen molar-refractivity contribution in [2.24, 2.45) is 0 Å². The van der Waals surface area contributed by atoms with Crippen molar-refractivity contribution >= 4 is 5.91 Å². The summed E-state index contributed by atoms with van der Waals surface area (Å²) in [6.45, 7) is 3.83. The second-order valence-corrected chi connectivity index (χ2v) is 6.58. The summed E-state index contributed by atoms with van der Waals surface area (Å²) >= 11 is 0. The van der Waals surface area contributed by atoms with Gasteiger partial charge < -0.3 is 19.3 Å². The van der Waals surface area contributed by atoms with Crippen LogP contribution in [0.25, 0.3) is 23.0 Å². The summed E-state index contributed by atoms with van der Waals surface area (Å²) in [6, 6.07) is 8.11. The normalized spacial score (nSPS) is 13.3. The van der Waals surface area contributed by atoms with Gasteiger partial charge in [-0.3, -0.25) is 9.59 Å². The molecule has 0 saturated heterocycles. The zero-order chi connectivity index (χ0) is 20.4. The Hall–Kier alpha value is -3.69. The number of amides is 1. The maximum atomic E-state index is 12.1. The van der Waals surface area contributed by atoms with E-state index in [0.29, 0.717) is 28.6 Å². The second-order valence-electron chi connectivity index (χ2n) is 6.58. The molecule has 0 fully saturated rings. The van der Waals surface area contributed by atoms with Crippen LogP contribution in [0.4, 0.5) is 0 Å². The Morgan fingerprint density at radius 1 is 1.24 bits per heavy atom. The van der Waals surface area contributed by atoms with Gasteiger partial charge in [0.25, 0.3) is 11.4 Å². The van der Waals surface area contributed by atoms with Crippen molar-refractivity contribution in [1.29, 1.82) is 0 Å². The second kappa shape index (κ2) is 7.74. The molecule has 29 heavy (non-hydrogen) atoms. The molecule has 0 unspecified atom stereocenters. The molecule has 10 nitrogen and oxygen atoms in total. The van der Waals surface area contributed by atoms with Gasteiger partial charge in [-0.15, -0.1) is 0 Å². The van der Waals surface area contributed by atoms with E-state index in [1.54, 1.807) is 18.2 Å². The quantitative estimate of drug-likeness (QED) is 0.666. The van der Waals surface area contributed by atoms with Crippen molar-refractivity contribution in [2.45, 2.75) is 32.9 Å². The number of hydrogen-bond acceptors (Lipinski definition) is 8. The van der Waals surface area contributed by atoms with Gasteiger partial charge in [0.2, 0.25) is 18.5 Å². The fourth-order valence-electron chi connectivity index (χ4n) is 2.72. The maximum absolute atomic E-state index is 12.1. The molecule has 1 amide bonds. The third-order valence-corrected chi connectivity index (χ3v) is 4.46. The number of carbonyl (C=O) groups excluding carboxylic acids is 1. The SMILES string of the molecule is CC[C@@H](C)NC(=O)Cn1nc(-c2nc(-c3ccc4c(c3)OCO4)no2)ccc1=O. The van der Waals surface area contributed by atoms with E-state index in [9.17, 15) is 9.59 Å². The van der Waals surface area contributed by atoms with Gasteiger partial charge in [0.15, 0.2) is 11.5 Å². The van der Waals surface area contributed by atoms with E-state index < -0.39 is 5.56 Å². The van der Waals surface area contributed by atoms with E-state index in [2.05, 4.69) is 20.6 Å². The number of nitrogens with one attached hydrogen (secondary N) is 1. The molecule has 1 atom stereocenters. The van der Waals surface area contributed by atoms with Crippen LogP contribution in [0.15, 0.2) is 39.6 Å². The minimum Gasteiger partial charge on any atom is -0.454 e. The molecule has 1 aliphatic rings. The van der Waals surface area contributed by atoms with Gasteiger partial charge in [0.1, 0.15) is 12.2 Å². The highest BCUT2D eigenvalue weighted by molar-refractivity contribution is 5.75. The van der Waals surface area contributed by atoms with Crippen LogP contribution in [0.3, 0.4) is 0 Å². The van der Waals surface area contributed by atoms with Crippen LogP contribution >= 0.6 is 0 Å². The van der Waals surface area contributed by atoms with Crippen LogP contribution < -0.4 is 20.3 Å². The first-order valence-corrected chi connectivity index (χ1v) is 9.15. The van der Waals surface area contributed by atoms with Crippen LogP contribution in [-0.2, 0) is 11.3 Å². The van der Waals surface area contributed by atoms with Crippen LogP contribution in [0.5, 0.6) is 11.5 Å². The first kappa shape index (κ1) is 18.7. The molecule has 3 heterocycles. The average Bonchev–Trinajstić information content (AvgIpc) is 3.38. The number of ether oxygens (including phenoxy) is 2. The minimum absolute atomic E-state index is 0.0154. The Morgan fingerprint density at radius 2 is 2.07 bits per heavy atom. The van der Waals surface area contributed by atoms with Gasteiger partial charge in [0, 0.05) is 17.7 Å². The summed E-state index contributed by atoms with van der Waals surface area (Å²) in [5.74, 6) is 1.44. The number of benzene rings is 1. The van der Waals surface area contributed by atoms with Crippen LogP contribution in [0.2, 0.25) is 0 Å². The molecule has 3 aromatic rings. The third kappa shape index (κ3) is 3.96. The molecule has 4 rings (SSSR count). The smallest absolute Gasteiger partial charge is 0.278 e. The molecule has 0 aliphatic carbocycles. The van der Waals surface area contributed by atoms with Gasteiger partial charge in [-0.25, -0.2) is 4.68 Å². The van der Waals surface area contributed by atoms with Crippen molar-refractivity contribution < 1.29 is 18.8 Å². The van der Waals surface area contributed by atoms with Crippen LogP contribution in [-0.4, -0.2) is 38.7 Å². The molecule has 1 N–H and O–H groups in total. The van der Waals surface area contributed by atoms with Crippen molar-refractivity contribution in [3.05, 3.63) is 40.7 Å². The zero-order valence-electron chi connectivity index (χ0n) is 15.9. The van der Waals surface area contributed by atoms with Crippen molar-refractivity contribution in [1.82, 2.24) is 25.2 Å². The predicted octanol–water partition coefficient (Wildman–Crippen LogP) is 1.60. The number of carbonyl (C=O) groups is 1. The van der Waals surface area contributed by atoms with Gasteiger partial charge >= 0.3 is 0 Å².